The van der Waals surface area contributed by atoms with Crippen molar-refractivity contribution in [2.75, 3.05) is 32.1 Å². The molecule has 0 radical (unpaired) electrons. The van der Waals surface area contributed by atoms with Gasteiger partial charge in [0, 0.05) is 6.54 Å². The second-order valence-corrected chi connectivity index (χ2v) is 7.37. The molecule has 0 fully saturated rings. The first kappa shape index (κ1) is 24.7. The van der Waals surface area contributed by atoms with Crippen molar-refractivity contribution in [2.24, 2.45) is 0 Å². The fourth-order valence-electron chi connectivity index (χ4n) is 2.14. The number of esters is 1. The Labute approximate surface area is 175 Å². The van der Waals surface area contributed by atoms with Crippen LogP contribution in [0.1, 0.15) is 32.8 Å². The van der Waals surface area contributed by atoms with Crippen LogP contribution in [0.15, 0.2) is 18.2 Å². The highest BCUT2D eigenvalue weighted by Crippen LogP contribution is 2.24. The minimum atomic E-state index is -0.671. The summed E-state index contributed by atoms with van der Waals surface area (Å²) in [7, 11) is 1.49. The highest BCUT2D eigenvalue weighted by Gasteiger charge is 2.16. The Bertz CT molecular complexity index is 772. The van der Waals surface area contributed by atoms with Gasteiger partial charge in [-0.3, -0.25) is 14.4 Å². The van der Waals surface area contributed by atoms with Crippen LogP contribution in [0.3, 0.4) is 0 Å². The van der Waals surface area contributed by atoms with Gasteiger partial charge in [0.1, 0.15) is 11.4 Å². The van der Waals surface area contributed by atoms with Crippen molar-refractivity contribution in [3.8, 4) is 5.75 Å². The molecule has 0 heterocycles. The third kappa shape index (κ3) is 10.3. The molecule has 0 spiro atoms. The van der Waals surface area contributed by atoms with E-state index in [0.717, 1.165) is 5.56 Å². The number of carbonyl (C=O) groups is 4. The number of anilines is 1. The van der Waals surface area contributed by atoms with Crippen LogP contribution in [0.25, 0.3) is 0 Å². The molecule has 1 rings (SSSR count). The van der Waals surface area contributed by atoms with E-state index in [1.165, 1.54) is 7.11 Å². The van der Waals surface area contributed by atoms with Crippen molar-refractivity contribution >= 4 is 29.6 Å². The lowest BCUT2D eigenvalue weighted by Gasteiger charge is -2.19. The maximum atomic E-state index is 12.0. The SMILES string of the molecule is COc1ccc(C)cc1NC(=O)CNC(=O)COC(=O)CCNC(=O)OC(C)(C)C. The van der Waals surface area contributed by atoms with Gasteiger partial charge < -0.3 is 30.2 Å². The normalized spacial score (nSPS) is 10.6. The number of aryl methyl sites for hydroxylation is 1. The summed E-state index contributed by atoms with van der Waals surface area (Å²) in [6.07, 6.45) is -0.774. The average molecular weight is 423 g/mol. The fourth-order valence-corrected chi connectivity index (χ4v) is 2.14. The van der Waals surface area contributed by atoms with Crippen LogP contribution in [0.2, 0.25) is 0 Å². The number of rotatable bonds is 9. The zero-order valence-electron chi connectivity index (χ0n) is 17.9. The molecule has 0 aromatic heterocycles. The predicted octanol–water partition coefficient (Wildman–Crippen LogP) is 1.52. The molecule has 1 aromatic carbocycles. The van der Waals surface area contributed by atoms with Gasteiger partial charge in [0.25, 0.3) is 5.91 Å². The van der Waals surface area contributed by atoms with Crippen LogP contribution in [0.5, 0.6) is 5.75 Å². The van der Waals surface area contributed by atoms with Crippen molar-refractivity contribution in [1.82, 2.24) is 10.6 Å². The number of carbonyl (C=O) groups excluding carboxylic acids is 4. The van der Waals surface area contributed by atoms with Crippen molar-refractivity contribution in [2.45, 2.75) is 39.7 Å². The number of hydrogen-bond donors (Lipinski definition) is 3. The largest absolute Gasteiger partial charge is 0.495 e. The van der Waals surface area contributed by atoms with Crippen molar-refractivity contribution in [1.29, 1.82) is 0 Å². The highest BCUT2D eigenvalue weighted by atomic mass is 16.6. The second kappa shape index (κ2) is 11.6. The van der Waals surface area contributed by atoms with Gasteiger partial charge in [-0.25, -0.2) is 4.79 Å². The maximum absolute atomic E-state index is 12.0. The Morgan fingerprint density at radius 2 is 1.73 bits per heavy atom. The first-order chi connectivity index (χ1) is 14.0. The van der Waals surface area contributed by atoms with Crippen molar-refractivity contribution < 1.29 is 33.4 Å². The number of alkyl carbamates (subject to hydrolysis) is 1. The summed E-state index contributed by atoms with van der Waals surface area (Å²) in [5.41, 5.74) is 0.781. The molecule has 10 nitrogen and oxygen atoms in total. The van der Waals surface area contributed by atoms with Gasteiger partial charge in [0.2, 0.25) is 5.91 Å². The van der Waals surface area contributed by atoms with E-state index < -0.39 is 36.1 Å². The Morgan fingerprint density at radius 3 is 2.37 bits per heavy atom. The summed E-state index contributed by atoms with van der Waals surface area (Å²) in [4.78, 5) is 46.8. The first-order valence-corrected chi connectivity index (χ1v) is 9.34. The van der Waals surface area contributed by atoms with Crippen LogP contribution in [0, 0.1) is 6.92 Å². The van der Waals surface area contributed by atoms with Crippen LogP contribution >= 0.6 is 0 Å². The van der Waals surface area contributed by atoms with Gasteiger partial charge in [0.05, 0.1) is 25.8 Å². The van der Waals surface area contributed by atoms with E-state index in [1.807, 2.05) is 13.0 Å². The van der Waals surface area contributed by atoms with Gasteiger partial charge in [-0.2, -0.15) is 0 Å². The summed E-state index contributed by atoms with van der Waals surface area (Å²) < 4.78 is 15.0. The molecule has 0 aliphatic carbocycles. The molecular formula is C20H29N3O7. The molecule has 0 aliphatic heterocycles. The quantitative estimate of drug-likeness (QED) is 0.513. The molecule has 0 bridgehead atoms. The lowest BCUT2D eigenvalue weighted by atomic mass is 10.2. The molecular weight excluding hydrogens is 394 g/mol. The van der Waals surface area contributed by atoms with E-state index in [0.29, 0.717) is 11.4 Å². The number of amides is 3. The fraction of sp³-hybridized carbons (Fsp3) is 0.500. The van der Waals surface area contributed by atoms with Gasteiger partial charge in [-0.05, 0) is 45.4 Å². The van der Waals surface area contributed by atoms with E-state index in [1.54, 1.807) is 32.9 Å². The van der Waals surface area contributed by atoms with Gasteiger partial charge in [0.15, 0.2) is 6.61 Å². The van der Waals surface area contributed by atoms with Gasteiger partial charge in [-0.15, -0.1) is 0 Å². The Kier molecular flexibility index (Phi) is 9.60. The number of nitrogens with one attached hydrogen (secondary N) is 3. The lowest BCUT2D eigenvalue weighted by molar-refractivity contribution is -0.148. The maximum Gasteiger partial charge on any atom is 0.407 e. The third-order valence-corrected chi connectivity index (χ3v) is 3.44. The van der Waals surface area contributed by atoms with Crippen molar-refractivity contribution in [3.05, 3.63) is 23.8 Å². The van der Waals surface area contributed by atoms with Crippen LogP contribution < -0.4 is 20.7 Å². The van der Waals surface area contributed by atoms with E-state index in [2.05, 4.69) is 16.0 Å². The smallest absolute Gasteiger partial charge is 0.407 e. The average Bonchev–Trinajstić information content (AvgIpc) is 2.63. The standard InChI is InChI=1S/C20H29N3O7/c1-13-6-7-15(28-5)14(10-13)23-16(24)11-22-17(25)12-29-18(26)8-9-21-19(27)30-20(2,3)4/h6-7,10H,8-9,11-12H2,1-5H3,(H,21,27)(H,22,25)(H,23,24). The molecule has 0 unspecified atom stereocenters. The summed E-state index contributed by atoms with van der Waals surface area (Å²) in [6.45, 7) is 6.20. The number of hydrogen-bond acceptors (Lipinski definition) is 7. The number of methoxy groups -OCH3 is 1. The molecule has 0 saturated carbocycles. The molecule has 3 amide bonds. The topological polar surface area (TPSA) is 132 Å². The predicted molar refractivity (Wildman–Crippen MR) is 109 cm³/mol. The summed E-state index contributed by atoms with van der Waals surface area (Å²) in [5.74, 6) is -1.26. The van der Waals surface area contributed by atoms with E-state index in [9.17, 15) is 19.2 Å². The van der Waals surface area contributed by atoms with E-state index >= 15 is 0 Å². The Hall–Kier alpha value is -3.30. The Balaban J connectivity index is 2.27. The monoisotopic (exact) mass is 423 g/mol. The van der Waals surface area contributed by atoms with Crippen LogP contribution in [-0.4, -0.2) is 56.3 Å². The van der Waals surface area contributed by atoms with Crippen LogP contribution in [-0.2, 0) is 23.9 Å². The number of ether oxygens (including phenoxy) is 3. The summed E-state index contributed by atoms with van der Waals surface area (Å²) >= 11 is 0. The highest BCUT2D eigenvalue weighted by molar-refractivity contribution is 5.96. The molecule has 0 aliphatic rings. The zero-order chi connectivity index (χ0) is 22.7. The zero-order valence-corrected chi connectivity index (χ0v) is 17.9. The van der Waals surface area contributed by atoms with Crippen LogP contribution in [0.4, 0.5) is 10.5 Å². The first-order valence-electron chi connectivity index (χ1n) is 9.34. The third-order valence-electron chi connectivity index (χ3n) is 3.44. The van der Waals surface area contributed by atoms with E-state index in [-0.39, 0.29) is 19.5 Å². The molecule has 1 aromatic rings. The van der Waals surface area contributed by atoms with Gasteiger partial charge in [-0.1, -0.05) is 6.07 Å². The second-order valence-electron chi connectivity index (χ2n) is 7.37. The Morgan fingerprint density at radius 1 is 1.03 bits per heavy atom. The number of benzene rings is 1. The molecule has 0 atom stereocenters. The molecule has 166 valence electrons. The van der Waals surface area contributed by atoms with Crippen molar-refractivity contribution in [3.63, 3.8) is 0 Å². The minimum Gasteiger partial charge on any atom is -0.495 e. The molecule has 0 saturated heterocycles. The summed E-state index contributed by atoms with van der Waals surface area (Å²) in [6, 6.07) is 5.31. The molecule has 3 N–H and O–H groups in total. The lowest BCUT2D eigenvalue weighted by Crippen LogP contribution is -2.36. The molecule has 10 heteroatoms. The van der Waals surface area contributed by atoms with E-state index in [4.69, 9.17) is 14.2 Å². The van der Waals surface area contributed by atoms with Gasteiger partial charge >= 0.3 is 12.1 Å². The molecule has 30 heavy (non-hydrogen) atoms. The summed E-state index contributed by atoms with van der Waals surface area (Å²) in [5, 5.41) is 7.40. The minimum absolute atomic E-state index is 0.0100.